The highest BCUT2D eigenvalue weighted by molar-refractivity contribution is 5.96. The lowest BCUT2D eigenvalue weighted by molar-refractivity contribution is -0.117. The Morgan fingerprint density at radius 1 is 1.10 bits per heavy atom. The lowest BCUT2D eigenvalue weighted by atomic mass is 10.1. The van der Waals surface area contributed by atoms with Crippen LogP contribution in [0.15, 0.2) is 12.2 Å². The standard InChI is InChI=1S/C16H28N2O2/c1-3-12-20-13-10-8-6-4-5-7-9-11-18-16(19)15(2)14-17/h2-13H2,1H3,(H,18,19). The van der Waals surface area contributed by atoms with Crippen LogP contribution in [0, 0.1) is 11.3 Å². The fraction of sp³-hybridized carbons (Fsp3) is 0.750. The minimum absolute atomic E-state index is 0.0182. The average molecular weight is 280 g/mol. The molecule has 0 aromatic carbocycles. The maximum atomic E-state index is 11.2. The largest absolute Gasteiger partial charge is 0.381 e. The molecule has 114 valence electrons. The Labute approximate surface area is 123 Å². The Bertz CT molecular complexity index is 308. The maximum absolute atomic E-state index is 11.2. The predicted molar refractivity (Wildman–Crippen MR) is 81.2 cm³/mol. The van der Waals surface area contributed by atoms with E-state index < -0.39 is 0 Å². The van der Waals surface area contributed by atoms with E-state index in [0.29, 0.717) is 6.54 Å². The minimum atomic E-state index is -0.348. The summed E-state index contributed by atoms with van der Waals surface area (Å²) in [6.45, 7) is 7.89. The Morgan fingerprint density at radius 2 is 1.70 bits per heavy atom. The SMILES string of the molecule is C=C(C#N)C(=O)NCCCCCCCCCOCCC. The van der Waals surface area contributed by atoms with Crippen molar-refractivity contribution >= 4 is 5.91 Å². The fourth-order valence-electron chi connectivity index (χ4n) is 1.82. The van der Waals surface area contributed by atoms with E-state index in [-0.39, 0.29) is 11.5 Å². The second-order valence-corrected chi connectivity index (χ2v) is 4.93. The normalized spacial score (nSPS) is 10.0. The van der Waals surface area contributed by atoms with Crippen molar-refractivity contribution in [2.45, 2.75) is 58.3 Å². The van der Waals surface area contributed by atoms with Crippen LogP contribution in [-0.2, 0) is 9.53 Å². The van der Waals surface area contributed by atoms with E-state index in [9.17, 15) is 4.79 Å². The summed E-state index contributed by atoms with van der Waals surface area (Å²) in [5.74, 6) is -0.348. The number of nitriles is 1. The number of hydrogen-bond donors (Lipinski definition) is 1. The van der Waals surface area contributed by atoms with Gasteiger partial charge in [-0.3, -0.25) is 4.79 Å². The van der Waals surface area contributed by atoms with Crippen LogP contribution in [0.4, 0.5) is 0 Å². The van der Waals surface area contributed by atoms with Gasteiger partial charge in [0.15, 0.2) is 0 Å². The topological polar surface area (TPSA) is 62.1 Å². The highest BCUT2D eigenvalue weighted by Crippen LogP contribution is 2.07. The van der Waals surface area contributed by atoms with Crippen LogP contribution in [0.5, 0.6) is 0 Å². The summed E-state index contributed by atoms with van der Waals surface area (Å²) in [5.41, 5.74) is -0.0182. The molecule has 0 saturated carbocycles. The molecule has 0 atom stereocenters. The Morgan fingerprint density at radius 3 is 2.30 bits per heavy atom. The van der Waals surface area contributed by atoms with Crippen molar-refractivity contribution in [3.63, 3.8) is 0 Å². The Kier molecular flexibility index (Phi) is 13.1. The van der Waals surface area contributed by atoms with E-state index in [0.717, 1.165) is 38.9 Å². The average Bonchev–Trinajstić information content (AvgIpc) is 2.47. The van der Waals surface area contributed by atoms with Gasteiger partial charge in [-0.15, -0.1) is 0 Å². The molecule has 4 nitrogen and oxygen atoms in total. The molecule has 0 spiro atoms. The maximum Gasteiger partial charge on any atom is 0.261 e. The number of nitrogens with zero attached hydrogens (tertiary/aromatic N) is 1. The predicted octanol–water partition coefficient (Wildman–Crippen LogP) is 3.34. The van der Waals surface area contributed by atoms with Crippen molar-refractivity contribution in [1.82, 2.24) is 5.32 Å². The summed E-state index contributed by atoms with van der Waals surface area (Å²) < 4.78 is 5.42. The van der Waals surface area contributed by atoms with E-state index in [2.05, 4.69) is 18.8 Å². The van der Waals surface area contributed by atoms with Crippen molar-refractivity contribution in [2.75, 3.05) is 19.8 Å². The summed E-state index contributed by atoms with van der Waals surface area (Å²) in [7, 11) is 0. The smallest absolute Gasteiger partial charge is 0.261 e. The van der Waals surface area contributed by atoms with Crippen LogP contribution < -0.4 is 5.32 Å². The van der Waals surface area contributed by atoms with Gasteiger partial charge in [-0.25, -0.2) is 0 Å². The van der Waals surface area contributed by atoms with Crippen LogP contribution in [-0.4, -0.2) is 25.7 Å². The molecule has 20 heavy (non-hydrogen) atoms. The van der Waals surface area contributed by atoms with E-state index >= 15 is 0 Å². The van der Waals surface area contributed by atoms with Gasteiger partial charge in [0.2, 0.25) is 0 Å². The summed E-state index contributed by atoms with van der Waals surface area (Å²) in [6.07, 6.45) is 9.27. The molecule has 0 heterocycles. The molecule has 0 fully saturated rings. The van der Waals surface area contributed by atoms with Crippen molar-refractivity contribution < 1.29 is 9.53 Å². The van der Waals surface area contributed by atoms with Crippen molar-refractivity contribution in [1.29, 1.82) is 5.26 Å². The van der Waals surface area contributed by atoms with Crippen LogP contribution >= 0.6 is 0 Å². The van der Waals surface area contributed by atoms with E-state index in [1.807, 2.05) is 0 Å². The first-order valence-corrected chi connectivity index (χ1v) is 7.67. The molecule has 1 amide bonds. The summed E-state index contributed by atoms with van der Waals surface area (Å²) in [6, 6.07) is 1.74. The van der Waals surface area contributed by atoms with Gasteiger partial charge in [0, 0.05) is 19.8 Å². The van der Waals surface area contributed by atoms with Gasteiger partial charge in [0.1, 0.15) is 11.6 Å². The third-order valence-corrected chi connectivity index (χ3v) is 3.01. The Balaban J connectivity index is 3.16. The quantitative estimate of drug-likeness (QED) is 0.320. The first-order valence-electron chi connectivity index (χ1n) is 7.67. The molecule has 0 aliphatic carbocycles. The van der Waals surface area contributed by atoms with Crippen molar-refractivity contribution in [3.8, 4) is 6.07 Å². The molecule has 0 unspecified atom stereocenters. The second kappa shape index (κ2) is 14.1. The number of unbranched alkanes of at least 4 members (excludes halogenated alkanes) is 6. The van der Waals surface area contributed by atoms with Gasteiger partial charge in [-0.05, 0) is 19.3 Å². The minimum Gasteiger partial charge on any atom is -0.381 e. The van der Waals surface area contributed by atoms with E-state index in [1.54, 1.807) is 6.07 Å². The van der Waals surface area contributed by atoms with Gasteiger partial charge >= 0.3 is 0 Å². The van der Waals surface area contributed by atoms with Crippen molar-refractivity contribution in [2.24, 2.45) is 0 Å². The zero-order valence-electron chi connectivity index (χ0n) is 12.7. The molecule has 0 saturated heterocycles. The molecular weight excluding hydrogens is 252 g/mol. The highest BCUT2D eigenvalue weighted by atomic mass is 16.5. The number of carbonyl (C=O) groups is 1. The Hall–Kier alpha value is -1.34. The van der Waals surface area contributed by atoms with Crippen LogP contribution in [0.1, 0.15) is 58.3 Å². The summed E-state index contributed by atoms with van der Waals surface area (Å²) in [5, 5.41) is 11.2. The van der Waals surface area contributed by atoms with Crippen LogP contribution in [0.3, 0.4) is 0 Å². The lowest BCUT2D eigenvalue weighted by Crippen LogP contribution is -2.25. The highest BCUT2D eigenvalue weighted by Gasteiger charge is 2.03. The fourth-order valence-corrected chi connectivity index (χ4v) is 1.82. The molecule has 0 aromatic heterocycles. The van der Waals surface area contributed by atoms with Gasteiger partial charge in [-0.2, -0.15) is 5.26 Å². The van der Waals surface area contributed by atoms with Gasteiger partial charge in [0.05, 0.1) is 0 Å². The number of amides is 1. The third kappa shape index (κ3) is 11.7. The molecule has 0 aliphatic heterocycles. The zero-order chi connectivity index (χ0) is 15.1. The van der Waals surface area contributed by atoms with Crippen LogP contribution in [0.25, 0.3) is 0 Å². The molecule has 0 rings (SSSR count). The number of carbonyl (C=O) groups excluding carboxylic acids is 1. The summed E-state index contributed by atoms with van der Waals surface area (Å²) >= 11 is 0. The lowest BCUT2D eigenvalue weighted by Gasteiger charge is -2.04. The molecule has 0 radical (unpaired) electrons. The molecule has 4 heteroatoms. The molecule has 0 aromatic rings. The molecule has 1 N–H and O–H groups in total. The molecular formula is C16H28N2O2. The third-order valence-electron chi connectivity index (χ3n) is 3.01. The van der Waals surface area contributed by atoms with Gasteiger partial charge in [-0.1, -0.05) is 45.6 Å². The first kappa shape index (κ1) is 18.7. The number of hydrogen-bond acceptors (Lipinski definition) is 3. The number of ether oxygens (including phenoxy) is 1. The molecule has 0 bridgehead atoms. The van der Waals surface area contributed by atoms with Crippen LogP contribution in [0.2, 0.25) is 0 Å². The number of nitrogens with one attached hydrogen (secondary N) is 1. The van der Waals surface area contributed by atoms with E-state index in [4.69, 9.17) is 10.00 Å². The summed E-state index contributed by atoms with van der Waals surface area (Å²) in [4.78, 5) is 11.2. The molecule has 0 aliphatic rings. The zero-order valence-corrected chi connectivity index (χ0v) is 12.7. The number of rotatable bonds is 13. The monoisotopic (exact) mass is 280 g/mol. The van der Waals surface area contributed by atoms with E-state index in [1.165, 1.54) is 25.7 Å². The second-order valence-electron chi connectivity index (χ2n) is 4.93. The van der Waals surface area contributed by atoms with Gasteiger partial charge < -0.3 is 10.1 Å². The van der Waals surface area contributed by atoms with Crippen molar-refractivity contribution in [3.05, 3.63) is 12.2 Å². The van der Waals surface area contributed by atoms with Gasteiger partial charge in [0.25, 0.3) is 5.91 Å². The first-order chi connectivity index (χ1) is 9.72.